The van der Waals surface area contributed by atoms with Crippen molar-refractivity contribution in [1.29, 1.82) is 0 Å². The van der Waals surface area contributed by atoms with Gasteiger partial charge in [0, 0.05) is 11.6 Å². The third-order valence-corrected chi connectivity index (χ3v) is 3.07. The number of nitrogens with two attached hydrogens (primary N) is 1. The topological polar surface area (TPSA) is 35.2 Å². The minimum atomic E-state index is 0.0990. The van der Waals surface area contributed by atoms with Crippen LogP contribution in [-0.2, 0) is 0 Å². The summed E-state index contributed by atoms with van der Waals surface area (Å²) in [4.78, 5) is 0. The number of hydrogen-bond acceptors (Lipinski definition) is 2. The highest BCUT2D eigenvalue weighted by atomic mass is 16.5. The summed E-state index contributed by atoms with van der Waals surface area (Å²) >= 11 is 0. The molecule has 0 bridgehead atoms. The number of ether oxygens (including phenoxy) is 1. The summed E-state index contributed by atoms with van der Waals surface area (Å²) in [7, 11) is 0. The minimum Gasteiger partial charge on any atom is -0.481 e. The molecular formula is C18H19NO. The van der Waals surface area contributed by atoms with E-state index in [1.807, 2.05) is 54.6 Å². The first-order valence-electron chi connectivity index (χ1n) is 6.82. The van der Waals surface area contributed by atoms with Crippen LogP contribution in [-0.4, -0.2) is 6.61 Å². The van der Waals surface area contributed by atoms with Crippen molar-refractivity contribution in [3.63, 3.8) is 0 Å². The van der Waals surface area contributed by atoms with E-state index in [1.165, 1.54) is 0 Å². The predicted octanol–water partition coefficient (Wildman–Crippen LogP) is 3.53. The Morgan fingerprint density at radius 2 is 1.75 bits per heavy atom. The quantitative estimate of drug-likeness (QED) is 0.858. The highest BCUT2D eigenvalue weighted by molar-refractivity contribution is 5.34. The minimum absolute atomic E-state index is 0.0990. The summed E-state index contributed by atoms with van der Waals surface area (Å²) in [5, 5.41) is 0. The summed E-state index contributed by atoms with van der Waals surface area (Å²) in [6, 6.07) is 17.9. The van der Waals surface area contributed by atoms with Gasteiger partial charge < -0.3 is 10.5 Å². The molecule has 0 saturated carbocycles. The number of rotatable bonds is 4. The molecule has 0 saturated heterocycles. The molecule has 0 aliphatic carbocycles. The molecular weight excluding hydrogens is 246 g/mol. The molecule has 2 heteroatoms. The van der Waals surface area contributed by atoms with Crippen LogP contribution in [0.3, 0.4) is 0 Å². The standard InChI is InChI=1S/C18H19NO/c1-2-18(19)16-10-12-17(13-11-16)20-14-6-9-15-7-4-3-5-8-15/h3-5,7-8,10-13,18H,2,14,19H2,1H3/t18-/m0/s1. The Hall–Kier alpha value is -2.24. The van der Waals surface area contributed by atoms with Gasteiger partial charge in [0.25, 0.3) is 0 Å². The Kier molecular flexibility index (Phi) is 5.23. The molecule has 0 amide bonds. The van der Waals surface area contributed by atoms with Crippen LogP contribution >= 0.6 is 0 Å². The van der Waals surface area contributed by atoms with Crippen LogP contribution < -0.4 is 10.5 Å². The van der Waals surface area contributed by atoms with Crippen molar-refractivity contribution in [3.05, 3.63) is 65.7 Å². The zero-order valence-electron chi connectivity index (χ0n) is 11.7. The second-order valence-electron chi connectivity index (χ2n) is 4.54. The van der Waals surface area contributed by atoms with Crippen LogP contribution in [0.4, 0.5) is 0 Å². The monoisotopic (exact) mass is 265 g/mol. The van der Waals surface area contributed by atoms with Crippen molar-refractivity contribution in [1.82, 2.24) is 0 Å². The smallest absolute Gasteiger partial charge is 0.149 e. The molecule has 0 heterocycles. The van der Waals surface area contributed by atoms with Crippen LogP contribution in [0, 0.1) is 11.8 Å². The van der Waals surface area contributed by atoms with Crippen LogP contribution in [0.2, 0.25) is 0 Å². The zero-order chi connectivity index (χ0) is 14.2. The van der Waals surface area contributed by atoms with Crippen LogP contribution in [0.25, 0.3) is 0 Å². The van der Waals surface area contributed by atoms with E-state index >= 15 is 0 Å². The molecule has 0 spiro atoms. The van der Waals surface area contributed by atoms with Crippen LogP contribution in [0.5, 0.6) is 5.75 Å². The normalized spacial score (nSPS) is 11.3. The number of benzene rings is 2. The van der Waals surface area contributed by atoms with Crippen molar-refractivity contribution in [2.24, 2.45) is 5.73 Å². The van der Waals surface area contributed by atoms with Crippen molar-refractivity contribution in [2.75, 3.05) is 6.61 Å². The van der Waals surface area contributed by atoms with E-state index in [-0.39, 0.29) is 6.04 Å². The molecule has 102 valence electrons. The van der Waals surface area contributed by atoms with Crippen molar-refractivity contribution < 1.29 is 4.74 Å². The van der Waals surface area contributed by atoms with E-state index in [9.17, 15) is 0 Å². The predicted molar refractivity (Wildman–Crippen MR) is 82.5 cm³/mol. The molecule has 0 radical (unpaired) electrons. The van der Waals surface area contributed by atoms with E-state index < -0.39 is 0 Å². The molecule has 2 aromatic carbocycles. The summed E-state index contributed by atoms with van der Waals surface area (Å²) in [5.74, 6) is 6.88. The number of hydrogen-bond donors (Lipinski definition) is 1. The Morgan fingerprint density at radius 1 is 1.05 bits per heavy atom. The highest BCUT2D eigenvalue weighted by Gasteiger charge is 2.02. The molecule has 0 fully saturated rings. The second-order valence-corrected chi connectivity index (χ2v) is 4.54. The molecule has 20 heavy (non-hydrogen) atoms. The fourth-order valence-corrected chi connectivity index (χ4v) is 1.83. The molecule has 0 aliphatic heterocycles. The van der Waals surface area contributed by atoms with E-state index in [4.69, 9.17) is 10.5 Å². The Labute approximate surface area is 120 Å². The summed E-state index contributed by atoms with van der Waals surface area (Å²) < 4.78 is 5.58. The highest BCUT2D eigenvalue weighted by Crippen LogP contribution is 2.18. The fourth-order valence-electron chi connectivity index (χ4n) is 1.83. The van der Waals surface area contributed by atoms with Gasteiger partial charge in [-0.3, -0.25) is 0 Å². The second kappa shape index (κ2) is 7.37. The molecule has 0 aliphatic rings. The van der Waals surface area contributed by atoms with Gasteiger partial charge in [0.1, 0.15) is 12.4 Å². The Balaban J connectivity index is 1.87. The van der Waals surface area contributed by atoms with Gasteiger partial charge in [-0.25, -0.2) is 0 Å². The van der Waals surface area contributed by atoms with Gasteiger partial charge in [-0.2, -0.15) is 0 Å². The SMILES string of the molecule is CC[C@H](N)c1ccc(OCC#Cc2ccccc2)cc1. The lowest BCUT2D eigenvalue weighted by Gasteiger charge is -2.09. The maximum Gasteiger partial charge on any atom is 0.149 e. The maximum atomic E-state index is 5.97. The lowest BCUT2D eigenvalue weighted by Crippen LogP contribution is -2.08. The molecule has 0 unspecified atom stereocenters. The van der Waals surface area contributed by atoms with Crippen LogP contribution in [0.15, 0.2) is 54.6 Å². The molecule has 2 rings (SSSR count). The van der Waals surface area contributed by atoms with Gasteiger partial charge >= 0.3 is 0 Å². The first-order valence-corrected chi connectivity index (χ1v) is 6.82. The molecule has 2 nitrogen and oxygen atoms in total. The third kappa shape index (κ3) is 4.15. The summed E-state index contributed by atoms with van der Waals surface area (Å²) in [6.45, 7) is 2.46. The van der Waals surface area contributed by atoms with Gasteiger partial charge in [-0.05, 0) is 36.2 Å². The fraction of sp³-hybridized carbons (Fsp3) is 0.222. The molecule has 2 N–H and O–H groups in total. The summed E-state index contributed by atoms with van der Waals surface area (Å²) in [5.41, 5.74) is 8.10. The lowest BCUT2D eigenvalue weighted by molar-refractivity contribution is 0.370. The van der Waals surface area contributed by atoms with Gasteiger partial charge in [-0.1, -0.05) is 49.1 Å². The van der Waals surface area contributed by atoms with Crippen LogP contribution in [0.1, 0.15) is 30.5 Å². The molecule has 0 aromatic heterocycles. The summed E-state index contributed by atoms with van der Waals surface area (Å²) in [6.07, 6.45) is 0.933. The van der Waals surface area contributed by atoms with E-state index in [0.717, 1.165) is 23.3 Å². The maximum absolute atomic E-state index is 5.97. The van der Waals surface area contributed by atoms with Crippen molar-refractivity contribution in [2.45, 2.75) is 19.4 Å². The third-order valence-electron chi connectivity index (χ3n) is 3.07. The Morgan fingerprint density at radius 3 is 2.40 bits per heavy atom. The van der Waals surface area contributed by atoms with Crippen molar-refractivity contribution >= 4 is 0 Å². The Bertz CT molecular complexity index is 578. The molecule has 2 aromatic rings. The first-order chi connectivity index (χ1) is 9.79. The van der Waals surface area contributed by atoms with E-state index in [2.05, 4.69) is 18.8 Å². The lowest BCUT2D eigenvalue weighted by atomic mass is 10.1. The van der Waals surface area contributed by atoms with E-state index in [0.29, 0.717) is 6.61 Å². The van der Waals surface area contributed by atoms with Gasteiger partial charge in [0.05, 0.1) is 0 Å². The first kappa shape index (κ1) is 14.2. The molecule has 1 atom stereocenters. The zero-order valence-corrected chi connectivity index (χ0v) is 11.7. The van der Waals surface area contributed by atoms with E-state index in [1.54, 1.807) is 0 Å². The van der Waals surface area contributed by atoms with Gasteiger partial charge in [0.2, 0.25) is 0 Å². The van der Waals surface area contributed by atoms with Gasteiger partial charge in [-0.15, -0.1) is 0 Å². The van der Waals surface area contributed by atoms with Gasteiger partial charge in [0.15, 0.2) is 0 Å². The average molecular weight is 265 g/mol. The van der Waals surface area contributed by atoms with Crippen molar-refractivity contribution in [3.8, 4) is 17.6 Å². The average Bonchev–Trinajstić information content (AvgIpc) is 2.52. The largest absolute Gasteiger partial charge is 0.481 e.